The third-order valence-corrected chi connectivity index (χ3v) is 8.27. The first-order chi connectivity index (χ1) is 19.1. The topological polar surface area (TPSA) is 62.2 Å². The average molecular weight is 593 g/mol. The van der Waals surface area contributed by atoms with Crippen LogP contribution in [-0.4, -0.2) is 32.0 Å². The van der Waals surface area contributed by atoms with E-state index in [4.69, 9.17) is 35.4 Å². The summed E-state index contributed by atoms with van der Waals surface area (Å²) in [6, 6.07) is 19.2. The standard InChI is InChI=1S/C31H31Cl2N5OS/c1-18-8-9-19(2)26(15-18)35-28(39)12-14-37-30(29(36-31(37)40)25-7-5-6-13-34-25)23-16-20(3)38(21(23)4)27-11-10-22(32)17-24(27)33/h5-11,13,15-17,29-30H,12,14H2,1-4H3,(H,35,39)(H,36,40)/t29-,30-/m0/s1. The number of hydrogen-bond donors (Lipinski definition) is 2. The van der Waals surface area contributed by atoms with Crippen LogP contribution in [0.25, 0.3) is 5.69 Å². The summed E-state index contributed by atoms with van der Waals surface area (Å²) in [7, 11) is 0. The molecular formula is C31H31Cl2N5OS. The highest BCUT2D eigenvalue weighted by Crippen LogP contribution is 2.42. The number of pyridine rings is 1. The maximum Gasteiger partial charge on any atom is 0.226 e. The van der Waals surface area contributed by atoms with Gasteiger partial charge in [0.15, 0.2) is 5.11 Å². The average Bonchev–Trinajstić information content (AvgIpc) is 3.40. The number of anilines is 1. The SMILES string of the molecule is Cc1ccc(C)c(NC(=O)CCN2C(=S)N[C@@H](c3ccccn3)[C@@H]2c2cc(C)n(-c3ccc(Cl)cc3Cl)c2C)c1. The third kappa shape index (κ3) is 5.59. The first-order valence-electron chi connectivity index (χ1n) is 13.1. The molecule has 1 saturated heterocycles. The van der Waals surface area contributed by atoms with Gasteiger partial charge in [0.25, 0.3) is 0 Å². The summed E-state index contributed by atoms with van der Waals surface area (Å²) in [5.41, 5.74) is 7.84. The molecular weight excluding hydrogens is 561 g/mol. The second-order valence-corrected chi connectivity index (χ2v) is 11.4. The third-order valence-electron chi connectivity index (χ3n) is 7.38. The van der Waals surface area contributed by atoms with Crippen LogP contribution in [0.5, 0.6) is 0 Å². The van der Waals surface area contributed by atoms with E-state index < -0.39 is 0 Å². The molecule has 1 aliphatic rings. The zero-order valence-electron chi connectivity index (χ0n) is 22.8. The van der Waals surface area contributed by atoms with Crippen LogP contribution in [0.4, 0.5) is 5.69 Å². The van der Waals surface area contributed by atoms with Crippen molar-refractivity contribution in [3.05, 3.63) is 111 Å². The molecule has 0 unspecified atom stereocenters. The molecule has 2 aromatic carbocycles. The van der Waals surface area contributed by atoms with E-state index in [-0.39, 0.29) is 24.4 Å². The van der Waals surface area contributed by atoms with Gasteiger partial charge in [-0.3, -0.25) is 9.78 Å². The summed E-state index contributed by atoms with van der Waals surface area (Å²) in [5.74, 6) is -0.0602. The molecule has 1 amide bonds. The lowest BCUT2D eigenvalue weighted by Gasteiger charge is -2.28. The number of nitrogens with zero attached hydrogens (tertiary/aromatic N) is 3. The van der Waals surface area contributed by atoms with Gasteiger partial charge in [-0.15, -0.1) is 0 Å². The van der Waals surface area contributed by atoms with E-state index in [2.05, 4.69) is 45.0 Å². The Morgan fingerprint density at radius 2 is 1.85 bits per heavy atom. The molecule has 1 aliphatic heterocycles. The zero-order chi connectivity index (χ0) is 28.6. The lowest BCUT2D eigenvalue weighted by Crippen LogP contribution is -2.33. The van der Waals surface area contributed by atoms with Gasteiger partial charge in [-0.1, -0.05) is 41.4 Å². The first kappa shape index (κ1) is 28.1. The Balaban J connectivity index is 1.48. The van der Waals surface area contributed by atoms with E-state index in [1.54, 1.807) is 12.3 Å². The minimum atomic E-state index is -0.189. The molecule has 0 bridgehead atoms. The molecule has 4 aromatic rings. The van der Waals surface area contributed by atoms with Crippen molar-refractivity contribution in [2.75, 3.05) is 11.9 Å². The zero-order valence-corrected chi connectivity index (χ0v) is 25.2. The molecule has 2 atom stereocenters. The van der Waals surface area contributed by atoms with Gasteiger partial charge in [0, 0.05) is 41.3 Å². The number of amides is 1. The van der Waals surface area contributed by atoms with E-state index in [1.165, 1.54) is 0 Å². The Kier molecular flexibility index (Phi) is 8.17. The van der Waals surface area contributed by atoms with Gasteiger partial charge < -0.3 is 20.1 Å². The molecule has 3 heterocycles. The Hall–Kier alpha value is -3.39. The molecule has 0 saturated carbocycles. The van der Waals surface area contributed by atoms with Crippen LogP contribution in [0.2, 0.25) is 10.0 Å². The number of thiocarbonyl (C=S) groups is 1. The van der Waals surface area contributed by atoms with Crippen LogP contribution < -0.4 is 10.6 Å². The summed E-state index contributed by atoms with van der Waals surface area (Å²) < 4.78 is 2.14. The van der Waals surface area contributed by atoms with Crippen LogP contribution in [0.15, 0.2) is 66.9 Å². The van der Waals surface area contributed by atoms with E-state index in [9.17, 15) is 4.79 Å². The summed E-state index contributed by atoms with van der Waals surface area (Å²) >= 11 is 18.6. The minimum Gasteiger partial charge on any atom is -0.352 e. The number of rotatable bonds is 7. The lowest BCUT2D eigenvalue weighted by atomic mass is 9.96. The molecule has 0 aliphatic carbocycles. The molecule has 206 valence electrons. The Bertz CT molecular complexity index is 1590. The van der Waals surface area contributed by atoms with Crippen molar-refractivity contribution in [2.45, 2.75) is 46.2 Å². The van der Waals surface area contributed by atoms with Crippen molar-refractivity contribution in [3.63, 3.8) is 0 Å². The van der Waals surface area contributed by atoms with Gasteiger partial charge >= 0.3 is 0 Å². The predicted octanol–water partition coefficient (Wildman–Crippen LogP) is 7.41. The Morgan fingerprint density at radius 3 is 2.58 bits per heavy atom. The van der Waals surface area contributed by atoms with Crippen LogP contribution in [0.1, 0.15) is 52.3 Å². The molecule has 9 heteroatoms. The number of halogens is 2. The van der Waals surface area contributed by atoms with Crippen molar-refractivity contribution < 1.29 is 4.79 Å². The second kappa shape index (κ2) is 11.6. The summed E-state index contributed by atoms with van der Waals surface area (Å²) in [5, 5.41) is 8.31. The van der Waals surface area contributed by atoms with Crippen LogP contribution >= 0.6 is 35.4 Å². The number of nitrogens with one attached hydrogen (secondary N) is 2. The summed E-state index contributed by atoms with van der Waals surface area (Å²) in [6.07, 6.45) is 2.07. The second-order valence-electron chi connectivity index (χ2n) is 10.2. The van der Waals surface area contributed by atoms with Gasteiger partial charge in [0.05, 0.1) is 28.5 Å². The lowest BCUT2D eigenvalue weighted by molar-refractivity contribution is -0.116. The highest BCUT2D eigenvalue weighted by Gasteiger charge is 2.41. The minimum absolute atomic E-state index is 0.0602. The van der Waals surface area contributed by atoms with Gasteiger partial charge in [0.2, 0.25) is 5.91 Å². The summed E-state index contributed by atoms with van der Waals surface area (Å²) in [4.78, 5) is 19.8. The van der Waals surface area contributed by atoms with E-state index in [0.717, 1.165) is 45.1 Å². The normalized spacial score (nSPS) is 16.8. The maximum absolute atomic E-state index is 13.1. The van der Waals surface area contributed by atoms with Crippen molar-refractivity contribution in [2.24, 2.45) is 0 Å². The molecule has 0 spiro atoms. The fourth-order valence-corrected chi connectivity index (χ4v) is 6.24. The predicted molar refractivity (Wildman–Crippen MR) is 167 cm³/mol. The highest BCUT2D eigenvalue weighted by atomic mass is 35.5. The van der Waals surface area contributed by atoms with Crippen molar-refractivity contribution in [1.29, 1.82) is 0 Å². The fourth-order valence-electron chi connectivity index (χ4n) is 5.41. The molecule has 2 aromatic heterocycles. The van der Waals surface area contributed by atoms with Gasteiger partial charge in [-0.05, 0) is 99.1 Å². The summed E-state index contributed by atoms with van der Waals surface area (Å²) in [6.45, 7) is 8.58. The van der Waals surface area contributed by atoms with Gasteiger partial charge in [-0.25, -0.2) is 0 Å². The molecule has 1 fully saturated rings. The monoisotopic (exact) mass is 591 g/mol. The van der Waals surface area contributed by atoms with Crippen molar-refractivity contribution >= 4 is 52.1 Å². The van der Waals surface area contributed by atoms with E-state index in [1.807, 2.05) is 62.4 Å². The van der Waals surface area contributed by atoms with Crippen molar-refractivity contribution in [3.8, 4) is 5.69 Å². The number of carbonyl (C=O) groups excluding carboxylic acids is 1. The largest absolute Gasteiger partial charge is 0.352 e. The molecule has 40 heavy (non-hydrogen) atoms. The number of carbonyl (C=O) groups is 1. The number of aromatic nitrogens is 2. The van der Waals surface area contributed by atoms with Gasteiger partial charge in [-0.2, -0.15) is 0 Å². The van der Waals surface area contributed by atoms with Gasteiger partial charge in [0.1, 0.15) is 0 Å². The molecule has 0 radical (unpaired) electrons. The van der Waals surface area contributed by atoms with Crippen molar-refractivity contribution in [1.82, 2.24) is 19.8 Å². The Morgan fingerprint density at radius 1 is 1.05 bits per heavy atom. The van der Waals surface area contributed by atoms with Crippen LogP contribution in [-0.2, 0) is 4.79 Å². The number of aryl methyl sites for hydroxylation is 3. The quantitative estimate of drug-likeness (QED) is 0.219. The smallest absolute Gasteiger partial charge is 0.226 e. The number of benzene rings is 2. The van der Waals surface area contributed by atoms with Crippen LogP contribution in [0.3, 0.4) is 0 Å². The Labute approximate surface area is 250 Å². The molecule has 6 nitrogen and oxygen atoms in total. The number of hydrogen-bond acceptors (Lipinski definition) is 3. The maximum atomic E-state index is 13.1. The van der Waals surface area contributed by atoms with E-state index in [0.29, 0.717) is 21.7 Å². The van der Waals surface area contributed by atoms with E-state index >= 15 is 0 Å². The fraction of sp³-hybridized carbons (Fsp3) is 0.258. The first-order valence-corrected chi connectivity index (χ1v) is 14.3. The molecule has 5 rings (SSSR count). The molecule has 2 N–H and O–H groups in total. The van der Waals surface area contributed by atoms with Crippen LogP contribution in [0, 0.1) is 27.7 Å². The highest BCUT2D eigenvalue weighted by molar-refractivity contribution is 7.80.